The van der Waals surface area contributed by atoms with E-state index in [0.29, 0.717) is 29.2 Å². The van der Waals surface area contributed by atoms with E-state index < -0.39 is 11.7 Å². The highest BCUT2D eigenvalue weighted by Gasteiger charge is 2.31. The van der Waals surface area contributed by atoms with Gasteiger partial charge in [-0.1, -0.05) is 66.4 Å². The van der Waals surface area contributed by atoms with Crippen LogP contribution in [0.25, 0.3) is 6.08 Å². The number of carbonyl (C=O) groups is 2. The van der Waals surface area contributed by atoms with Gasteiger partial charge in [0.2, 0.25) is 5.91 Å². The number of hydrogen-bond donors (Lipinski definition) is 1. The maximum absolute atomic E-state index is 13.4. The monoisotopic (exact) mass is 553 g/mol. The molecule has 0 radical (unpaired) electrons. The summed E-state index contributed by atoms with van der Waals surface area (Å²) in [6.07, 6.45) is -2.88. The number of para-hydroxylation sites is 1. The van der Waals surface area contributed by atoms with E-state index in [4.69, 9.17) is 0 Å². The van der Waals surface area contributed by atoms with Crippen LogP contribution in [0.5, 0.6) is 0 Å². The predicted octanol–water partition coefficient (Wildman–Crippen LogP) is 6.21. The first-order chi connectivity index (χ1) is 18.6. The third-order valence-electron chi connectivity index (χ3n) is 6.35. The fourth-order valence-electron chi connectivity index (χ4n) is 4.22. The zero-order valence-corrected chi connectivity index (χ0v) is 22.6. The van der Waals surface area contributed by atoms with Gasteiger partial charge in [-0.25, -0.2) is 0 Å². The van der Waals surface area contributed by atoms with Crippen molar-refractivity contribution in [2.45, 2.75) is 37.5 Å². The van der Waals surface area contributed by atoms with Gasteiger partial charge in [0.05, 0.1) is 16.2 Å². The van der Waals surface area contributed by atoms with Crippen molar-refractivity contribution in [3.8, 4) is 0 Å². The van der Waals surface area contributed by atoms with Gasteiger partial charge in [0.1, 0.15) is 6.54 Å². The summed E-state index contributed by atoms with van der Waals surface area (Å²) in [5.74, 6) is -0.663. The van der Waals surface area contributed by atoms with Crippen molar-refractivity contribution in [1.29, 1.82) is 0 Å². The van der Waals surface area contributed by atoms with E-state index in [1.807, 2.05) is 30.3 Å². The molecule has 4 rings (SSSR count). The molecule has 0 saturated carbocycles. The fourth-order valence-corrected chi connectivity index (χ4v) is 5.27. The zero-order chi connectivity index (χ0) is 28.0. The largest absolute Gasteiger partial charge is 0.416 e. The number of hydrogen-bond acceptors (Lipinski definition) is 4. The first-order valence-electron chi connectivity index (χ1n) is 12.6. The number of rotatable bonds is 9. The number of carbonyl (C=O) groups excluding carboxylic acids is 2. The molecule has 0 unspecified atom stereocenters. The zero-order valence-electron chi connectivity index (χ0n) is 21.7. The summed E-state index contributed by atoms with van der Waals surface area (Å²) in [5.41, 5.74) is 1.53. The Labute approximate surface area is 230 Å². The van der Waals surface area contributed by atoms with Gasteiger partial charge in [0.15, 0.2) is 0 Å². The minimum atomic E-state index is -4.43. The van der Waals surface area contributed by atoms with Crippen LogP contribution in [-0.2, 0) is 22.3 Å². The normalized spacial score (nSPS) is 14.7. The second-order valence-corrected chi connectivity index (χ2v) is 10.6. The molecule has 204 valence electrons. The molecule has 3 aromatic carbocycles. The topological polar surface area (TPSA) is 52.7 Å². The van der Waals surface area contributed by atoms with Crippen molar-refractivity contribution in [2.24, 2.45) is 0 Å². The summed E-state index contributed by atoms with van der Waals surface area (Å²) < 4.78 is 38.8. The molecule has 0 saturated heterocycles. The molecule has 1 N–H and O–H groups in total. The van der Waals surface area contributed by atoms with E-state index in [2.05, 4.69) is 36.2 Å². The molecule has 0 fully saturated rings. The lowest BCUT2D eigenvalue weighted by atomic mass is 10.1. The number of amides is 2. The SMILES string of the molecule is CC(C)N(CCNC(=O)CN1C(=O)/C(=C/c2ccc(C(F)(F)F)cc2)Sc2ccccc21)Cc1ccccc1. The van der Waals surface area contributed by atoms with Gasteiger partial charge in [-0.15, -0.1) is 0 Å². The Balaban J connectivity index is 1.43. The van der Waals surface area contributed by atoms with Crippen LogP contribution in [0.1, 0.15) is 30.5 Å². The molecule has 0 aliphatic carbocycles. The highest BCUT2D eigenvalue weighted by Crippen LogP contribution is 2.42. The standard InChI is InChI=1S/C30H30F3N3O2S/c1-21(2)35(19-23-8-4-3-5-9-23)17-16-34-28(37)20-36-25-10-6-7-11-26(25)39-27(29(36)38)18-22-12-14-24(15-13-22)30(31,32)33/h3-15,18,21H,16-17,19-20H2,1-2H3,(H,34,37)/b27-18-. The van der Waals surface area contributed by atoms with Crippen molar-refractivity contribution in [3.63, 3.8) is 0 Å². The second-order valence-electron chi connectivity index (χ2n) is 9.49. The summed E-state index contributed by atoms with van der Waals surface area (Å²) in [7, 11) is 0. The number of benzene rings is 3. The average molecular weight is 554 g/mol. The van der Waals surface area contributed by atoms with Gasteiger partial charge >= 0.3 is 6.18 Å². The van der Waals surface area contributed by atoms with Gasteiger partial charge < -0.3 is 5.32 Å². The van der Waals surface area contributed by atoms with Gasteiger partial charge in [-0.05, 0) is 55.3 Å². The van der Waals surface area contributed by atoms with Crippen LogP contribution in [-0.4, -0.2) is 42.4 Å². The van der Waals surface area contributed by atoms with Crippen molar-refractivity contribution < 1.29 is 22.8 Å². The van der Waals surface area contributed by atoms with Crippen LogP contribution in [0.2, 0.25) is 0 Å². The Hall–Kier alpha value is -3.56. The van der Waals surface area contributed by atoms with Crippen molar-refractivity contribution in [3.05, 3.63) is 100 Å². The number of nitrogens with zero attached hydrogens (tertiary/aromatic N) is 2. The van der Waals surface area contributed by atoms with E-state index in [-0.39, 0.29) is 24.4 Å². The van der Waals surface area contributed by atoms with Gasteiger partial charge in [-0.2, -0.15) is 13.2 Å². The lowest BCUT2D eigenvalue weighted by Gasteiger charge is -2.30. The molecule has 0 aromatic heterocycles. The van der Waals surface area contributed by atoms with Crippen molar-refractivity contribution in [2.75, 3.05) is 24.5 Å². The molecule has 2 amide bonds. The maximum Gasteiger partial charge on any atom is 0.416 e. The Morgan fingerprint density at radius 1 is 1.00 bits per heavy atom. The number of thioether (sulfide) groups is 1. The lowest BCUT2D eigenvalue weighted by Crippen LogP contribution is -2.45. The molecule has 39 heavy (non-hydrogen) atoms. The lowest BCUT2D eigenvalue weighted by molar-refractivity contribution is -0.137. The van der Waals surface area contributed by atoms with Crippen molar-refractivity contribution >= 4 is 35.3 Å². The Morgan fingerprint density at radius 3 is 2.33 bits per heavy atom. The smallest absolute Gasteiger partial charge is 0.353 e. The van der Waals surface area contributed by atoms with Crippen LogP contribution in [0.15, 0.2) is 88.7 Å². The molecule has 0 atom stereocenters. The highest BCUT2D eigenvalue weighted by atomic mass is 32.2. The van der Waals surface area contributed by atoms with E-state index in [1.54, 1.807) is 18.2 Å². The molecule has 3 aromatic rings. The first kappa shape index (κ1) is 28.4. The van der Waals surface area contributed by atoms with Gasteiger partial charge in [-0.3, -0.25) is 19.4 Å². The molecule has 1 aliphatic heterocycles. The van der Waals surface area contributed by atoms with Crippen LogP contribution in [0, 0.1) is 0 Å². The molecular weight excluding hydrogens is 523 g/mol. The third kappa shape index (κ3) is 7.52. The summed E-state index contributed by atoms with van der Waals surface area (Å²) >= 11 is 1.24. The maximum atomic E-state index is 13.4. The minimum absolute atomic E-state index is 0.166. The predicted molar refractivity (Wildman–Crippen MR) is 149 cm³/mol. The van der Waals surface area contributed by atoms with E-state index in [0.717, 1.165) is 23.6 Å². The quantitative estimate of drug-likeness (QED) is 0.320. The van der Waals surface area contributed by atoms with E-state index in [1.165, 1.54) is 34.4 Å². The van der Waals surface area contributed by atoms with Crippen molar-refractivity contribution in [1.82, 2.24) is 10.2 Å². The van der Waals surface area contributed by atoms with Crippen LogP contribution in [0.3, 0.4) is 0 Å². The molecule has 5 nitrogen and oxygen atoms in total. The van der Waals surface area contributed by atoms with Gasteiger partial charge in [0, 0.05) is 30.6 Å². The summed E-state index contributed by atoms with van der Waals surface area (Å²) in [4.78, 5) is 31.1. The Morgan fingerprint density at radius 2 is 1.67 bits per heavy atom. The molecule has 9 heteroatoms. The third-order valence-corrected chi connectivity index (χ3v) is 7.43. The summed E-state index contributed by atoms with van der Waals surface area (Å²) in [6, 6.07) is 22.3. The minimum Gasteiger partial charge on any atom is -0.353 e. The number of fused-ring (bicyclic) bond motifs is 1. The average Bonchev–Trinajstić information content (AvgIpc) is 2.91. The van der Waals surface area contributed by atoms with E-state index in [9.17, 15) is 22.8 Å². The fraction of sp³-hybridized carbons (Fsp3) is 0.267. The number of anilines is 1. The van der Waals surface area contributed by atoms with Crippen LogP contribution < -0.4 is 10.2 Å². The first-order valence-corrected chi connectivity index (χ1v) is 13.5. The summed E-state index contributed by atoms with van der Waals surface area (Å²) in [6.45, 7) is 5.89. The van der Waals surface area contributed by atoms with Crippen LogP contribution >= 0.6 is 11.8 Å². The number of alkyl halides is 3. The highest BCUT2D eigenvalue weighted by molar-refractivity contribution is 8.04. The van der Waals surface area contributed by atoms with E-state index >= 15 is 0 Å². The summed E-state index contributed by atoms with van der Waals surface area (Å²) in [5, 5.41) is 2.93. The number of halogens is 3. The molecule has 1 heterocycles. The molecule has 1 aliphatic rings. The molecule has 0 bridgehead atoms. The second kappa shape index (κ2) is 12.5. The number of nitrogens with one attached hydrogen (secondary N) is 1. The van der Waals surface area contributed by atoms with Gasteiger partial charge in [0.25, 0.3) is 5.91 Å². The Kier molecular flexibility index (Phi) is 9.14. The molecular formula is C30H30F3N3O2S. The van der Waals surface area contributed by atoms with Crippen LogP contribution in [0.4, 0.5) is 18.9 Å². The molecule has 0 spiro atoms. The Bertz CT molecular complexity index is 1330.